The summed E-state index contributed by atoms with van der Waals surface area (Å²) in [7, 11) is 1.67. The summed E-state index contributed by atoms with van der Waals surface area (Å²) in [6.07, 6.45) is 0. The fourth-order valence-electron chi connectivity index (χ4n) is 2.06. The Labute approximate surface area is 129 Å². The predicted octanol–water partition coefficient (Wildman–Crippen LogP) is 3.76. The van der Waals surface area contributed by atoms with Gasteiger partial charge in [0.15, 0.2) is 0 Å². The molecule has 2 rings (SSSR count). The van der Waals surface area contributed by atoms with Gasteiger partial charge in [0.05, 0.1) is 22.9 Å². The van der Waals surface area contributed by atoms with Gasteiger partial charge in [-0.1, -0.05) is 12.1 Å². The molecule has 5 heteroatoms. The number of hydrogen-bond acceptors (Lipinski definition) is 4. The molecule has 2 N–H and O–H groups in total. The Morgan fingerprint density at radius 1 is 1.29 bits per heavy atom. The van der Waals surface area contributed by atoms with E-state index in [9.17, 15) is 4.79 Å². The Balaban J connectivity index is 2.13. The lowest BCUT2D eigenvalue weighted by Gasteiger charge is -2.17. The van der Waals surface area contributed by atoms with Gasteiger partial charge in [-0.05, 0) is 43.0 Å². The van der Waals surface area contributed by atoms with Crippen molar-refractivity contribution < 1.29 is 9.53 Å². The lowest BCUT2D eigenvalue weighted by molar-refractivity contribution is 0.103. The number of carbonyl (C=O) groups is 1. The minimum atomic E-state index is -0.0730. The molecule has 1 aromatic heterocycles. The number of para-hydroxylation sites is 2. The third-order valence-electron chi connectivity index (χ3n) is 3.06. The summed E-state index contributed by atoms with van der Waals surface area (Å²) in [5.74, 6) is -0.0730. The van der Waals surface area contributed by atoms with Crippen molar-refractivity contribution in [2.75, 3.05) is 24.4 Å². The van der Waals surface area contributed by atoms with Crippen LogP contribution in [0.3, 0.4) is 0 Å². The topological polar surface area (TPSA) is 50.4 Å². The molecule has 1 atom stereocenters. The van der Waals surface area contributed by atoms with Crippen LogP contribution in [0.2, 0.25) is 0 Å². The maximum atomic E-state index is 12.3. The molecule has 4 nitrogen and oxygen atoms in total. The van der Waals surface area contributed by atoms with Gasteiger partial charge in [0.25, 0.3) is 5.91 Å². The second-order valence-electron chi connectivity index (χ2n) is 4.93. The number of amides is 1. The molecule has 1 heterocycles. The number of aryl methyl sites for hydroxylation is 1. The van der Waals surface area contributed by atoms with E-state index in [0.717, 1.165) is 21.8 Å². The van der Waals surface area contributed by atoms with Crippen LogP contribution in [0.25, 0.3) is 0 Å². The average molecular weight is 304 g/mol. The fraction of sp³-hybridized carbons (Fsp3) is 0.312. The van der Waals surface area contributed by atoms with Crippen molar-refractivity contribution >= 4 is 28.6 Å². The minimum Gasteiger partial charge on any atom is -0.383 e. The highest BCUT2D eigenvalue weighted by Crippen LogP contribution is 2.24. The van der Waals surface area contributed by atoms with Gasteiger partial charge in [-0.25, -0.2) is 0 Å². The molecule has 0 unspecified atom stereocenters. The zero-order valence-electron chi connectivity index (χ0n) is 12.5. The van der Waals surface area contributed by atoms with Crippen LogP contribution in [0.1, 0.15) is 22.2 Å². The van der Waals surface area contributed by atoms with Gasteiger partial charge in [0.2, 0.25) is 0 Å². The van der Waals surface area contributed by atoms with Gasteiger partial charge in [-0.15, -0.1) is 11.3 Å². The molecule has 0 bridgehead atoms. The maximum absolute atomic E-state index is 12.3. The van der Waals surface area contributed by atoms with E-state index in [1.165, 1.54) is 11.3 Å². The molecule has 1 aromatic carbocycles. The third kappa shape index (κ3) is 4.06. The van der Waals surface area contributed by atoms with Gasteiger partial charge in [-0.3, -0.25) is 4.79 Å². The highest BCUT2D eigenvalue weighted by molar-refractivity contribution is 7.12. The van der Waals surface area contributed by atoms with E-state index >= 15 is 0 Å². The first kappa shape index (κ1) is 15.5. The van der Waals surface area contributed by atoms with Crippen LogP contribution in [-0.2, 0) is 4.74 Å². The largest absolute Gasteiger partial charge is 0.383 e. The summed E-state index contributed by atoms with van der Waals surface area (Å²) in [4.78, 5) is 13.1. The zero-order chi connectivity index (χ0) is 15.2. The number of carbonyl (C=O) groups excluding carboxylic acids is 1. The third-order valence-corrected chi connectivity index (χ3v) is 4.08. The quantitative estimate of drug-likeness (QED) is 0.854. The van der Waals surface area contributed by atoms with Gasteiger partial charge < -0.3 is 15.4 Å². The SMILES string of the molecule is COC[C@@H](C)Nc1ccccc1NC(=O)c1sccc1C. The Morgan fingerprint density at radius 3 is 2.62 bits per heavy atom. The smallest absolute Gasteiger partial charge is 0.266 e. The molecular formula is C16H20N2O2S. The molecule has 0 fully saturated rings. The lowest BCUT2D eigenvalue weighted by atomic mass is 10.2. The number of ether oxygens (including phenoxy) is 1. The average Bonchev–Trinajstić information content (AvgIpc) is 2.87. The van der Waals surface area contributed by atoms with Gasteiger partial charge in [0.1, 0.15) is 0 Å². The first-order valence-electron chi connectivity index (χ1n) is 6.81. The number of benzene rings is 1. The van der Waals surface area contributed by atoms with Crippen LogP contribution in [-0.4, -0.2) is 25.7 Å². The highest BCUT2D eigenvalue weighted by atomic mass is 32.1. The van der Waals surface area contributed by atoms with Crippen LogP contribution in [0, 0.1) is 6.92 Å². The molecule has 0 spiro atoms. The van der Waals surface area contributed by atoms with Crippen molar-refractivity contribution in [1.29, 1.82) is 0 Å². The van der Waals surface area contributed by atoms with Crippen molar-refractivity contribution in [3.8, 4) is 0 Å². The number of methoxy groups -OCH3 is 1. The number of thiophene rings is 1. The summed E-state index contributed by atoms with van der Waals surface area (Å²) in [5, 5.41) is 8.24. The van der Waals surface area contributed by atoms with Crippen molar-refractivity contribution in [1.82, 2.24) is 0 Å². The molecule has 1 amide bonds. The Kier molecular flexibility index (Phi) is 5.36. The van der Waals surface area contributed by atoms with Crippen LogP contribution in [0.4, 0.5) is 11.4 Å². The summed E-state index contributed by atoms with van der Waals surface area (Å²) in [6.45, 7) is 4.58. The number of hydrogen-bond donors (Lipinski definition) is 2. The van der Waals surface area contributed by atoms with Crippen molar-refractivity contribution in [2.24, 2.45) is 0 Å². The molecule has 0 aliphatic rings. The van der Waals surface area contributed by atoms with E-state index in [0.29, 0.717) is 6.61 Å². The molecule has 0 aliphatic heterocycles. The maximum Gasteiger partial charge on any atom is 0.266 e. The van der Waals surface area contributed by atoms with E-state index in [4.69, 9.17) is 4.74 Å². The Morgan fingerprint density at radius 2 is 2.00 bits per heavy atom. The van der Waals surface area contributed by atoms with E-state index in [1.807, 2.05) is 49.6 Å². The van der Waals surface area contributed by atoms with Gasteiger partial charge >= 0.3 is 0 Å². The first-order chi connectivity index (χ1) is 10.1. The highest BCUT2D eigenvalue weighted by Gasteiger charge is 2.13. The summed E-state index contributed by atoms with van der Waals surface area (Å²) < 4.78 is 5.12. The standard InChI is InChI=1S/C16H20N2O2S/c1-11-8-9-21-15(11)16(19)18-14-7-5-4-6-13(14)17-12(2)10-20-3/h4-9,12,17H,10H2,1-3H3,(H,18,19)/t12-/m1/s1. The number of anilines is 2. The normalized spacial score (nSPS) is 12.0. The molecule has 112 valence electrons. The monoisotopic (exact) mass is 304 g/mol. The number of rotatable bonds is 6. The lowest BCUT2D eigenvalue weighted by Crippen LogP contribution is -2.22. The van der Waals surface area contributed by atoms with Crippen LogP contribution in [0.15, 0.2) is 35.7 Å². The fourth-order valence-corrected chi connectivity index (χ4v) is 2.88. The van der Waals surface area contributed by atoms with E-state index in [-0.39, 0.29) is 11.9 Å². The molecule has 2 aromatic rings. The first-order valence-corrected chi connectivity index (χ1v) is 7.69. The van der Waals surface area contributed by atoms with E-state index in [2.05, 4.69) is 10.6 Å². The molecule has 0 saturated heterocycles. The van der Waals surface area contributed by atoms with Crippen molar-refractivity contribution in [3.05, 3.63) is 46.2 Å². The molecule has 21 heavy (non-hydrogen) atoms. The predicted molar refractivity (Wildman–Crippen MR) is 88.4 cm³/mol. The summed E-state index contributed by atoms with van der Waals surface area (Å²) in [6, 6.07) is 9.80. The van der Waals surface area contributed by atoms with E-state index in [1.54, 1.807) is 7.11 Å². The second kappa shape index (κ2) is 7.24. The van der Waals surface area contributed by atoms with Gasteiger partial charge in [-0.2, -0.15) is 0 Å². The molecular weight excluding hydrogens is 284 g/mol. The summed E-state index contributed by atoms with van der Waals surface area (Å²) in [5.41, 5.74) is 2.67. The van der Waals surface area contributed by atoms with Crippen molar-refractivity contribution in [2.45, 2.75) is 19.9 Å². The molecule has 0 aliphatic carbocycles. The van der Waals surface area contributed by atoms with Crippen LogP contribution in [0.5, 0.6) is 0 Å². The minimum absolute atomic E-state index is 0.0730. The van der Waals surface area contributed by atoms with E-state index < -0.39 is 0 Å². The van der Waals surface area contributed by atoms with Crippen molar-refractivity contribution in [3.63, 3.8) is 0 Å². The Hall–Kier alpha value is -1.85. The number of nitrogens with one attached hydrogen (secondary N) is 2. The van der Waals surface area contributed by atoms with Gasteiger partial charge in [0, 0.05) is 13.2 Å². The van der Waals surface area contributed by atoms with Crippen LogP contribution < -0.4 is 10.6 Å². The molecule has 0 saturated carbocycles. The second-order valence-corrected chi connectivity index (χ2v) is 5.85. The van der Waals surface area contributed by atoms with Crippen LogP contribution >= 0.6 is 11.3 Å². The Bertz CT molecular complexity index is 610. The summed E-state index contributed by atoms with van der Waals surface area (Å²) >= 11 is 1.45. The zero-order valence-corrected chi connectivity index (χ0v) is 13.3. The molecule has 0 radical (unpaired) electrons.